The van der Waals surface area contributed by atoms with Gasteiger partial charge in [-0.05, 0) is 6.42 Å². The van der Waals surface area contributed by atoms with Crippen molar-refractivity contribution in [2.24, 2.45) is 0 Å². The maximum absolute atomic E-state index is 5.22. The minimum atomic E-state index is 0. The van der Waals surface area contributed by atoms with Crippen LogP contribution >= 0.6 is 23.2 Å². The van der Waals surface area contributed by atoms with Gasteiger partial charge in [0.1, 0.15) is 0 Å². The average Bonchev–Trinajstić information content (AvgIpc) is 1.41. The molecule has 0 radical (unpaired) electrons. The third-order valence-electron chi connectivity index (χ3n) is 0.267. The molecule has 0 amide bonds. The van der Waals surface area contributed by atoms with Gasteiger partial charge in [0.2, 0.25) is 0 Å². The van der Waals surface area contributed by atoms with Gasteiger partial charge in [-0.25, -0.2) is 0 Å². The Kier molecular flexibility index (Phi) is 18.9. The molecule has 0 nitrogen and oxygen atoms in total. The molecule has 0 fully saturated rings. The number of alkyl halides is 2. The Balaban J connectivity index is 0. The van der Waals surface area contributed by atoms with Crippen molar-refractivity contribution in [3.8, 4) is 0 Å². The second-order valence-electron chi connectivity index (χ2n) is 0.732. The number of hydrogen-bond donors (Lipinski definition) is 0. The van der Waals surface area contributed by atoms with E-state index in [1.807, 2.05) is 0 Å². The first-order valence-electron chi connectivity index (χ1n) is 1.53. The number of halogens is 2. The van der Waals surface area contributed by atoms with Crippen LogP contribution in [0.2, 0.25) is 0 Å². The molecule has 0 saturated heterocycles. The summed E-state index contributed by atoms with van der Waals surface area (Å²) in [6, 6.07) is 0. The quantitative estimate of drug-likeness (QED) is 0.413. The Morgan fingerprint density at radius 2 is 1.33 bits per heavy atom. The van der Waals surface area contributed by atoms with Crippen molar-refractivity contribution in [2.75, 3.05) is 11.8 Å². The van der Waals surface area contributed by atoms with Gasteiger partial charge in [-0.1, -0.05) is 0 Å². The molecule has 3 heteroatoms. The van der Waals surface area contributed by atoms with Crippen LogP contribution in [0.3, 0.4) is 0 Å². The fourth-order valence-electron chi connectivity index (χ4n) is 0.0505. The van der Waals surface area contributed by atoms with Crippen molar-refractivity contribution in [1.82, 2.24) is 0 Å². The van der Waals surface area contributed by atoms with Gasteiger partial charge in [0, 0.05) is 11.8 Å². The minimum absolute atomic E-state index is 0. The van der Waals surface area contributed by atoms with E-state index in [-0.39, 0.29) is 51.4 Å². The van der Waals surface area contributed by atoms with E-state index >= 15 is 0 Å². The van der Waals surface area contributed by atoms with Gasteiger partial charge in [0.05, 0.1) is 0 Å². The van der Waals surface area contributed by atoms with Gasteiger partial charge < -0.3 is 0 Å². The van der Waals surface area contributed by atoms with E-state index in [1.165, 1.54) is 0 Å². The van der Waals surface area contributed by atoms with E-state index in [4.69, 9.17) is 23.2 Å². The van der Waals surface area contributed by atoms with Crippen LogP contribution in [0.4, 0.5) is 0 Å². The van der Waals surface area contributed by atoms with Crippen LogP contribution in [0.1, 0.15) is 6.42 Å². The Morgan fingerprint density at radius 3 is 1.33 bits per heavy atom. The first-order valence-corrected chi connectivity index (χ1v) is 2.60. The van der Waals surface area contributed by atoms with Gasteiger partial charge in [0.25, 0.3) is 0 Å². The molecule has 0 aromatic heterocycles. The molecule has 0 rings (SSSR count). The molecule has 0 bridgehead atoms. The zero-order chi connectivity index (χ0) is 4.12. The Labute approximate surface area is 91.0 Å². The molecule has 0 unspecified atom stereocenters. The average molecular weight is 153 g/mol. The summed E-state index contributed by atoms with van der Waals surface area (Å²) in [4.78, 5) is 0. The van der Waals surface area contributed by atoms with Crippen molar-refractivity contribution >= 4 is 74.6 Å². The fourth-order valence-corrected chi connectivity index (χ4v) is 0.455. The summed E-state index contributed by atoms with van der Waals surface area (Å²) in [7, 11) is 0. The monoisotopic (exact) mass is 152 g/mol. The number of hydrogen-bond acceptors (Lipinski definition) is 0. The van der Waals surface area contributed by atoms with Crippen LogP contribution in [-0.2, 0) is 0 Å². The van der Waals surface area contributed by atoms with E-state index in [0.717, 1.165) is 6.42 Å². The van der Waals surface area contributed by atoms with Crippen molar-refractivity contribution in [3.63, 3.8) is 0 Å². The molecule has 0 aromatic carbocycles. The van der Waals surface area contributed by atoms with Crippen LogP contribution in [0, 0.1) is 0 Å². The Bertz CT molecular complexity index is 16.3. The summed E-state index contributed by atoms with van der Waals surface area (Å²) in [5.74, 6) is 1.37. The molecule has 0 aliphatic rings. The molecule has 34 valence electrons. The van der Waals surface area contributed by atoms with Crippen LogP contribution in [-0.4, -0.2) is 63.1 Å². The molecule has 6 heavy (non-hydrogen) atoms. The third kappa shape index (κ3) is 9.51. The van der Waals surface area contributed by atoms with Crippen LogP contribution in [0.25, 0.3) is 0 Å². The molecule has 0 N–H and O–H groups in total. The second kappa shape index (κ2) is 10.2. The van der Waals surface area contributed by atoms with Gasteiger partial charge in [-0.15, -0.1) is 23.2 Å². The second-order valence-corrected chi connectivity index (χ2v) is 1.49. The Morgan fingerprint density at radius 1 is 1.00 bits per heavy atom. The van der Waals surface area contributed by atoms with Crippen molar-refractivity contribution in [2.45, 2.75) is 6.42 Å². The Hall–Kier alpha value is 2.22. The predicted molar refractivity (Wildman–Crippen MR) is 33.2 cm³/mol. The van der Waals surface area contributed by atoms with Crippen molar-refractivity contribution < 1.29 is 0 Å². The molecule has 0 atom stereocenters. The summed E-state index contributed by atoms with van der Waals surface area (Å²) >= 11 is 10.4. The molecule has 0 aliphatic carbocycles. The van der Waals surface area contributed by atoms with Gasteiger partial charge in [-0.2, -0.15) is 0 Å². The van der Waals surface area contributed by atoms with Crippen LogP contribution in [0.15, 0.2) is 0 Å². The predicted octanol–water partition coefficient (Wildman–Crippen LogP) is 1.21. The van der Waals surface area contributed by atoms with E-state index in [9.17, 15) is 0 Å². The first-order chi connectivity index (χ1) is 2.41. The molecule has 0 heterocycles. The maximum atomic E-state index is 5.22. The standard InChI is InChI=1S/C3H6Cl2.K.H/c4-2-1-3-5;;/h1-3H2;;. The summed E-state index contributed by atoms with van der Waals surface area (Å²) in [6.07, 6.45) is 0.920. The molecule has 0 spiro atoms. The van der Waals surface area contributed by atoms with E-state index in [0.29, 0.717) is 11.8 Å². The normalized spacial score (nSPS) is 7.00. The molecule has 0 aliphatic heterocycles. The van der Waals surface area contributed by atoms with Gasteiger partial charge in [0.15, 0.2) is 0 Å². The SMILES string of the molecule is ClCCCCl.[KH]. The third-order valence-corrected chi connectivity index (χ3v) is 0.802. The van der Waals surface area contributed by atoms with Crippen LogP contribution in [0.5, 0.6) is 0 Å². The van der Waals surface area contributed by atoms with E-state index < -0.39 is 0 Å². The summed E-state index contributed by atoms with van der Waals surface area (Å²) in [5.41, 5.74) is 0. The van der Waals surface area contributed by atoms with Crippen molar-refractivity contribution in [1.29, 1.82) is 0 Å². The topological polar surface area (TPSA) is 0 Å². The zero-order valence-electron chi connectivity index (χ0n) is 2.88. The molecule has 0 aromatic rings. The molecule has 0 saturated carbocycles. The van der Waals surface area contributed by atoms with E-state index in [2.05, 4.69) is 0 Å². The fraction of sp³-hybridized carbons (Fsp3) is 1.00. The first kappa shape index (κ1) is 11.1. The van der Waals surface area contributed by atoms with E-state index in [1.54, 1.807) is 0 Å². The summed E-state index contributed by atoms with van der Waals surface area (Å²) in [6.45, 7) is 0. The zero-order valence-corrected chi connectivity index (χ0v) is 4.39. The van der Waals surface area contributed by atoms with Gasteiger partial charge in [-0.3, -0.25) is 0 Å². The van der Waals surface area contributed by atoms with Crippen LogP contribution < -0.4 is 0 Å². The van der Waals surface area contributed by atoms with Crippen molar-refractivity contribution in [3.05, 3.63) is 0 Å². The summed E-state index contributed by atoms with van der Waals surface area (Å²) < 4.78 is 0. The van der Waals surface area contributed by atoms with Gasteiger partial charge >= 0.3 is 51.4 Å². The molecular weight excluding hydrogens is 146 g/mol. The number of rotatable bonds is 2. The summed E-state index contributed by atoms with van der Waals surface area (Å²) in [5, 5.41) is 0. The molecular formula is C3H7Cl2K.